The van der Waals surface area contributed by atoms with Crippen molar-refractivity contribution < 1.29 is 9.53 Å². The van der Waals surface area contributed by atoms with Crippen LogP contribution in [-0.2, 0) is 17.8 Å². The van der Waals surface area contributed by atoms with Gasteiger partial charge < -0.3 is 10.1 Å². The zero-order chi connectivity index (χ0) is 13.9. The van der Waals surface area contributed by atoms with Crippen LogP contribution in [0.2, 0.25) is 0 Å². The first-order valence-electron chi connectivity index (χ1n) is 6.70. The average Bonchev–Trinajstić information content (AvgIpc) is 2.79. The maximum Gasteiger partial charge on any atom is 0.296 e. The Morgan fingerprint density at radius 1 is 1.45 bits per heavy atom. The molecule has 104 valence electrons. The summed E-state index contributed by atoms with van der Waals surface area (Å²) in [6.07, 6.45) is 2.33. The van der Waals surface area contributed by atoms with Gasteiger partial charge in [-0.3, -0.25) is 9.36 Å². The molecule has 0 aliphatic carbocycles. The molecule has 0 spiro atoms. The van der Waals surface area contributed by atoms with Crippen molar-refractivity contribution in [1.29, 1.82) is 0 Å². The number of imidazole rings is 1. The molecule has 0 bridgehead atoms. The minimum absolute atomic E-state index is 0.00712. The summed E-state index contributed by atoms with van der Waals surface area (Å²) in [5, 5.41) is 3.00. The highest BCUT2D eigenvalue weighted by Gasteiger charge is 2.22. The Bertz CT molecular complexity index is 607. The van der Waals surface area contributed by atoms with Gasteiger partial charge in [0.25, 0.3) is 6.01 Å². The molecule has 1 aliphatic rings. The van der Waals surface area contributed by atoms with Gasteiger partial charge in [-0.25, -0.2) is 4.98 Å². The second-order valence-electron chi connectivity index (χ2n) is 5.06. The van der Waals surface area contributed by atoms with Crippen LogP contribution in [0.15, 0.2) is 36.5 Å². The molecule has 1 amide bonds. The van der Waals surface area contributed by atoms with Crippen molar-refractivity contribution in [1.82, 2.24) is 14.9 Å². The molecule has 0 unspecified atom stereocenters. The Hall–Kier alpha value is -2.30. The van der Waals surface area contributed by atoms with Gasteiger partial charge in [0.2, 0.25) is 5.91 Å². The smallest absolute Gasteiger partial charge is 0.296 e. The molecule has 3 rings (SSSR count). The highest BCUT2D eigenvalue weighted by atomic mass is 16.5. The zero-order valence-corrected chi connectivity index (χ0v) is 11.4. The molecule has 1 aromatic carbocycles. The quantitative estimate of drug-likeness (QED) is 0.915. The monoisotopic (exact) mass is 271 g/mol. The number of hydrogen-bond acceptors (Lipinski definition) is 3. The molecule has 0 radical (unpaired) electrons. The lowest BCUT2D eigenvalue weighted by Gasteiger charge is -2.24. The molecule has 1 atom stereocenters. The highest BCUT2D eigenvalue weighted by molar-refractivity contribution is 5.78. The van der Waals surface area contributed by atoms with E-state index < -0.39 is 0 Å². The lowest BCUT2D eigenvalue weighted by Crippen LogP contribution is -2.45. The Labute approximate surface area is 117 Å². The average molecular weight is 271 g/mol. The molecular formula is C15H17N3O2. The third kappa shape index (κ3) is 2.82. The molecule has 0 fully saturated rings. The summed E-state index contributed by atoms with van der Waals surface area (Å²) in [7, 11) is 0. The maximum absolute atomic E-state index is 12.0. The van der Waals surface area contributed by atoms with Crippen molar-refractivity contribution in [2.45, 2.75) is 25.9 Å². The van der Waals surface area contributed by atoms with Crippen molar-refractivity contribution in [2.24, 2.45) is 0 Å². The number of benzene rings is 1. The van der Waals surface area contributed by atoms with Crippen LogP contribution in [0, 0.1) is 6.92 Å². The van der Waals surface area contributed by atoms with E-state index in [4.69, 9.17) is 4.74 Å². The number of fused-ring (bicyclic) bond motifs is 1. The van der Waals surface area contributed by atoms with Crippen LogP contribution in [0.4, 0.5) is 0 Å². The van der Waals surface area contributed by atoms with Gasteiger partial charge in [0.15, 0.2) is 0 Å². The summed E-state index contributed by atoms with van der Waals surface area (Å²) in [6, 6.07) is 10.4. The Balaban J connectivity index is 1.58. The third-order valence-corrected chi connectivity index (χ3v) is 3.26. The van der Waals surface area contributed by atoms with Crippen LogP contribution >= 0.6 is 0 Å². The molecule has 5 nitrogen and oxygen atoms in total. The Kier molecular flexibility index (Phi) is 3.41. The number of aromatic nitrogens is 2. The van der Waals surface area contributed by atoms with Crippen LogP contribution in [0.5, 0.6) is 6.01 Å². The van der Waals surface area contributed by atoms with Crippen molar-refractivity contribution >= 4 is 5.91 Å². The SMILES string of the molecule is Cc1cn2c(n1)OC[C@@H](NC(=O)Cc1ccccc1)C2. The number of nitrogens with zero attached hydrogens (tertiary/aromatic N) is 2. The fraction of sp³-hybridized carbons (Fsp3) is 0.333. The standard InChI is InChI=1S/C15H17N3O2/c1-11-8-18-9-13(10-20-15(18)16-11)17-14(19)7-12-5-3-2-4-6-12/h2-6,8,13H,7,9-10H2,1H3,(H,17,19)/t13-/m0/s1. The fourth-order valence-electron chi connectivity index (χ4n) is 2.38. The normalized spacial score (nSPS) is 17.1. The fourth-order valence-corrected chi connectivity index (χ4v) is 2.38. The van der Waals surface area contributed by atoms with Gasteiger partial charge in [-0.1, -0.05) is 30.3 Å². The van der Waals surface area contributed by atoms with Crippen LogP contribution in [-0.4, -0.2) is 28.1 Å². The van der Waals surface area contributed by atoms with E-state index in [0.717, 1.165) is 11.3 Å². The van der Waals surface area contributed by atoms with Gasteiger partial charge in [-0.05, 0) is 12.5 Å². The van der Waals surface area contributed by atoms with Gasteiger partial charge in [0.05, 0.1) is 24.7 Å². The number of ether oxygens (including phenoxy) is 1. The van der Waals surface area contributed by atoms with Crippen LogP contribution in [0.25, 0.3) is 0 Å². The number of carbonyl (C=O) groups excluding carboxylic acids is 1. The van der Waals surface area contributed by atoms with Crippen LogP contribution in [0.1, 0.15) is 11.3 Å². The van der Waals surface area contributed by atoms with Gasteiger partial charge in [-0.15, -0.1) is 0 Å². The number of amides is 1. The van der Waals surface area contributed by atoms with E-state index in [9.17, 15) is 4.79 Å². The number of aryl methyl sites for hydroxylation is 1. The summed E-state index contributed by atoms with van der Waals surface area (Å²) < 4.78 is 7.48. The molecular weight excluding hydrogens is 254 g/mol. The zero-order valence-electron chi connectivity index (χ0n) is 11.4. The minimum atomic E-state index is -0.00712. The van der Waals surface area contributed by atoms with E-state index in [1.165, 1.54) is 0 Å². The molecule has 0 saturated heterocycles. The van der Waals surface area contributed by atoms with Crippen molar-refractivity contribution in [2.75, 3.05) is 6.61 Å². The van der Waals surface area contributed by atoms with Gasteiger partial charge in [0.1, 0.15) is 6.61 Å². The van der Waals surface area contributed by atoms with Gasteiger partial charge in [0, 0.05) is 6.20 Å². The first-order chi connectivity index (χ1) is 9.70. The summed E-state index contributed by atoms with van der Waals surface area (Å²) in [4.78, 5) is 16.3. The van der Waals surface area contributed by atoms with E-state index in [0.29, 0.717) is 25.6 Å². The van der Waals surface area contributed by atoms with E-state index in [2.05, 4.69) is 10.3 Å². The first-order valence-corrected chi connectivity index (χ1v) is 6.70. The second kappa shape index (κ2) is 5.36. The van der Waals surface area contributed by atoms with Crippen LogP contribution in [0.3, 0.4) is 0 Å². The third-order valence-electron chi connectivity index (χ3n) is 3.26. The number of carbonyl (C=O) groups is 1. The maximum atomic E-state index is 12.0. The second-order valence-corrected chi connectivity index (χ2v) is 5.06. The van der Waals surface area contributed by atoms with E-state index in [1.807, 2.05) is 48.0 Å². The first kappa shape index (κ1) is 12.7. The summed E-state index contributed by atoms with van der Waals surface area (Å²) in [6.45, 7) is 3.10. The van der Waals surface area contributed by atoms with Crippen molar-refractivity contribution in [3.8, 4) is 6.01 Å². The highest BCUT2D eigenvalue weighted by Crippen LogP contribution is 2.16. The lowest BCUT2D eigenvalue weighted by molar-refractivity contribution is -0.121. The molecule has 2 aromatic rings. The van der Waals surface area contributed by atoms with Gasteiger partial charge in [-0.2, -0.15) is 0 Å². The van der Waals surface area contributed by atoms with Crippen LogP contribution < -0.4 is 10.1 Å². The predicted molar refractivity (Wildman–Crippen MR) is 74.5 cm³/mol. The van der Waals surface area contributed by atoms with E-state index in [1.54, 1.807) is 0 Å². The predicted octanol–water partition coefficient (Wildman–Crippen LogP) is 1.31. The molecule has 1 aromatic heterocycles. The lowest BCUT2D eigenvalue weighted by atomic mass is 10.1. The number of rotatable bonds is 3. The summed E-state index contributed by atoms with van der Waals surface area (Å²) in [5.74, 6) is 0.0186. The van der Waals surface area contributed by atoms with Crippen molar-refractivity contribution in [3.05, 3.63) is 47.8 Å². The largest absolute Gasteiger partial charge is 0.462 e. The summed E-state index contributed by atoms with van der Waals surface area (Å²) >= 11 is 0. The molecule has 5 heteroatoms. The molecule has 20 heavy (non-hydrogen) atoms. The Morgan fingerprint density at radius 2 is 2.25 bits per heavy atom. The molecule has 2 heterocycles. The minimum Gasteiger partial charge on any atom is -0.462 e. The topological polar surface area (TPSA) is 56.1 Å². The number of hydrogen-bond donors (Lipinski definition) is 1. The molecule has 1 N–H and O–H groups in total. The van der Waals surface area contributed by atoms with E-state index >= 15 is 0 Å². The van der Waals surface area contributed by atoms with Gasteiger partial charge >= 0.3 is 0 Å². The molecule has 0 saturated carbocycles. The summed E-state index contributed by atoms with van der Waals surface area (Å²) in [5.41, 5.74) is 1.94. The molecule has 1 aliphatic heterocycles. The Morgan fingerprint density at radius 3 is 3.05 bits per heavy atom. The van der Waals surface area contributed by atoms with Crippen molar-refractivity contribution in [3.63, 3.8) is 0 Å². The number of nitrogens with one attached hydrogen (secondary N) is 1. The van der Waals surface area contributed by atoms with E-state index in [-0.39, 0.29) is 11.9 Å².